The normalized spacial score (nSPS) is 40.6. The molecule has 3 fully saturated rings. The zero-order chi connectivity index (χ0) is 23.0. The first-order chi connectivity index (χ1) is 14.5. The summed E-state index contributed by atoms with van der Waals surface area (Å²) in [5.74, 6) is 4.19. The van der Waals surface area contributed by atoms with Crippen molar-refractivity contribution in [2.75, 3.05) is 0 Å². The van der Waals surface area contributed by atoms with Gasteiger partial charge in [0.1, 0.15) is 0 Å². The third-order valence-corrected chi connectivity index (χ3v) is 9.80. The summed E-state index contributed by atoms with van der Waals surface area (Å²) in [5, 5.41) is 10.7. The van der Waals surface area contributed by atoms with Crippen LogP contribution in [0, 0.1) is 46.3 Å². The second kappa shape index (κ2) is 9.58. The second-order valence-electron chi connectivity index (χ2n) is 12.7. The maximum absolute atomic E-state index is 10.7. The van der Waals surface area contributed by atoms with E-state index in [0.29, 0.717) is 23.2 Å². The van der Waals surface area contributed by atoms with E-state index < -0.39 is 0 Å². The molecule has 0 amide bonds. The van der Waals surface area contributed by atoms with Gasteiger partial charge in [0.2, 0.25) is 0 Å². The zero-order valence-corrected chi connectivity index (χ0v) is 21.7. The van der Waals surface area contributed by atoms with E-state index in [4.69, 9.17) is 0 Å². The quantitative estimate of drug-likeness (QED) is 0.438. The van der Waals surface area contributed by atoms with Gasteiger partial charge in [-0.15, -0.1) is 0 Å². The summed E-state index contributed by atoms with van der Waals surface area (Å²) >= 11 is 0. The highest BCUT2D eigenvalue weighted by Crippen LogP contribution is 2.59. The van der Waals surface area contributed by atoms with Crippen molar-refractivity contribution in [3.05, 3.63) is 35.5 Å². The topological polar surface area (TPSA) is 20.2 Å². The summed E-state index contributed by atoms with van der Waals surface area (Å²) in [4.78, 5) is 0. The summed E-state index contributed by atoms with van der Waals surface area (Å²) in [6.45, 7) is 18.8. The van der Waals surface area contributed by atoms with E-state index >= 15 is 0 Å². The number of hydrogen-bond donors (Lipinski definition) is 1. The molecule has 0 aliphatic heterocycles. The molecule has 0 aromatic rings. The standard InChI is InChI=1S/C30H50O/c1-20(2)22(4)11-12-23(5)26-15-16-27-24(10-9-17-30(26,27)8)13-14-25-18-21(3)19-28(31)29(25,6)7/h11-14,20-23,26-28,31H,9-10,15-19H2,1-8H3. The minimum atomic E-state index is -0.214. The monoisotopic (exact) mass is 426 g/mol. The highest BCUT2D eigenvalue weighted by molar-refractivity contribution is 5.29. The number of rotatable bonds is 5. The molecule has 7 unspecified atom stereocenters. The van der Waals surface area contributed by atoms with Gasteiger partial charge in [0.05, 0.1) is 6.10 Å². The Morgan fingerprint density at radius 1 is 1.00 bits per heavy atom. The van der Waals surface area contributed by atoms with Crippen molar-refractivity contribution < 1.29 is 5.11 Å². The molecule has 3 saturated carbocycles. The summed E-state index contributed by atoms with van der Waals surface area (Å²) in [6, 6.07) is 0. The van der Waals surface area contributed by atoms with E-state index in [2.05, 4.69) is 79.7 Å². The van der Waals surface area contributed by atoms with Crippen molar-refractivity contribution in [3.63, 3.8) is 0 Å². The van der Waals surface area contributed by atoms with Crippen molar-refractivity contribution in [3.8, 4) is 0 Å². The van der Waals surface area contributed by atoms with Crippen LogP contribution in [0.5, 0.6) is 0 Å². The van der Waals surface area contributed by atoms with Crippen molar-refractivity contribution >= 4 is 0 Å². The van der Waals surface area contributed by atoms with Crippen molar-refractivity contribution in [1.29, 1.82) is 0 Å². The molecule has 1 N–H and O–H groups in total. The zero-order valence-electron chi connectivity index (χ0n) is 21.7. The minimum absolute atomic E-state index is 0.0911. The van der Waals surface area contributed by atoms with Crippen LogP contribution in [0.4, 0.5) is 0 Å². The van der Waals surface area contributed by atoms with E-state index in [1.54, 1.807) is 5.57 Å². The van der Waals surface area contributed by atoms with E-state index in [9.17, 15) is 5.11 Å². The first kappa shape index (κ1) is 24.8. The molecular weight excluding hydrogens is 376 g/mol. The number of hydrogen-bond acceptors (Lipinski definition) is 1. The first-order valence-corrected chi connectivity index (χ1v) is 13.2. The Morgan fingerprint density at radius 2 is 1.71 bits per heavy atom. The average molecular weight is 427 g/mol. The molecule has 3 rings (SSSR count). The summed E-state index contributed by atoms with van der Waals surface area (Å²) < 4.78 is 0. The van der Waals surface area contributed by atoms with Crippen LogP contribution in [0.25, 0.3) is 0 Å². The highest BCUT2D eigenvalue weighted by atomic mass is 16.3. The third kappa shape index (κ3) is 5.07. The van der Waals surface area contributed by atoms with Gasteiger partial charge in [-0.1, -0.05) is 90.8 Å². The average Bonchev–Trinajstić information content (AvgIpc) is 3.05. The minimum Gasteiger partial charge on any atom is -0.392 e. The van der Waals surface area contributed by atoms with Crippen LogP contribution in [0.2, 0.25) is 0 Å². The van der Waals surface area contributed by atoms with Crippen LogP contribution in [-0.4, -0.2) is 11.2 Å². The number of fused-ring (bicyclic) bond motifs is 1. The van der Waals surface area contributed by atoms with Crippen LogP contribution < -0.4 is 0 Å². The largest absolute Gasteiger partial charge is 0.392 e. The molecule has 1 heteroatoms. The summed E-state index contributed by atoms with van der Waals surface area (Å²) in [6.07, 6.45) is 18.5. The molecular formula is C30H50O. The smallest absolute Gasteiger partial charge is 0.0631 e. The van der Waals surface area contributed by atoms with Crippen LogP contribution in [0.15, 0.2) is 35.5 Å². The Balaban J connectivity index is 1.79. The fourth-order valence-corrected chi connectivity index (χ4v) is 6.95. The molecule has 0 spiro atoms. The fraction of sp³-hybridized carbons (Fsp3) is 0.800. The Labute approximate surface area is 193 Å². The fourth-order valence-electron chi connectivity index (χ4n) is 6.95. The molecule has 0 aromatic carbocycles. The van der Waals surface area contributed by atoms with Crippen molar-refractivity contribution in [2.24, 2.45) is 46.3 Å². The number of aliphatic hydroxyl groups excluding tert-OH is 1. The van der Waals surface area contributed by atoms with Gasteiger partial charge in [0.15, 0.2) is 0 Å². The van der Waals surface area contributed by atoms with Crippen molar-refractivity contribution in [1.82, 2.24) is 0 Å². The van der Waals surface area contributed by atoms with Gasteiger partial charge in [0.25, 0.3) is 0 Å². The Morgan fingerprint density at radius 3 is 2.39 bits per heavy atom. The molecule has 3 aliphatic rings. The lowest BCUT2D eigenvalue weighted by molar-refractivity contribution is 0.0313. The highest BCUT2D eigenvalue weighted by Gasteiger charge is 2.50. The molecule has 0 saturated heterocycles. The van der Waals surface area contributed by atoms with E-state index in [-0.39, 0.29) is 11.5 Å². The van der Waals surface area contributed by atoms with Crippen LogP contribution in [0.3, 0.4) is 0 Å². The Bertz CT molecular complexity index is 708. The Kier molecular flexibility index (Phi) is 7.67. The molecule has 0 radical (unpaired) electrons. The third-order valence-electron chi connectivity index (χ3n) is 9.80. The molecule has 1 nitrogen and oxygen atoms in total. The maximum atomic E-state index is 10.7. The summed E-state index contributed by atoms with van der Waals surface area (Å²) in [5.41, 5.74) is 3.50. The van der Waals surface area contributed by atoms with Gasteiger partial charge in [-0.3, -0.25) is 0 Å². The van der Waals surface area contributed by atoms with E-state index in [1.165, 1.54) is 37.7 Å². The van der Waals surface area contributed by atoms with Gasteiger partial charge in [-0.2, -0.15) is 0 Å². The van der Waals surface area contributed by atoms with Gasteiger partial charge in [0, 0.05) is 5.41 Å². The van der Waals surface area contributed by atoms with Gasteiger partial charge in [-0.25, -0.2) is 0 Å². The molecule has 176 valence electrons. The van der Waals surface area contributed by atoms with E-state index in [0.717, 1.165) is 30.6 Å². The molecule has 0 heterocycles. The predicted molar refractivity (Wildman–Crippen MR) is 135 cm³/mol. The summed E-state index contributed by atoms with van der Waals surface area (Å²) in [7, 11) is 0. The predicted octanol–water partition coefficient (Wildman–Crippen LogP) is 8.36. The molecule has 0 bridgehead atoms. The molecule has 0 aromatic heterocycles. The van der Waals surface area contributed by atoms with Gasteiger partial charge >= 0.3 is 0 Å². The molecule has 31 heavy (non-hydrogen) atoms. The lowest BCUT2D eigenvalue weighted by Gasteiger charge is -2.44. The SMILES string of the molecule is CC1CC(=CC=C2CCCC3(C)C2CCC3C(C)C=CC(C)C(C)C)C(C)(C)C(O)C1. The number of allylic oxidation sites excluding steroid dienone is 5. The van der Waals surface area contributed by atoms with Gasteiger partial charge in [-0.05, 0) is 85.9 Å². The number of aliphatic hydroxyl groups is 1. The van der Waals surface area contributed by atoms with Crippen LogP contribution in [0.1, 0.15) is 100 Å². The van der Waals surface area contributed by atoms with Crippen LogP contribution in [-0.2, 0) is 0 Å². The van der Waals surface area contributed by atoms with Crippen LogP contribution >= 0.6 is 0 Å². The lowest BCUT2D eigenvalue weighted by atomic mass is 9.61. The maximum Gasteiger partial charge on any atom is 0.0631 e. The first-order valence-electron chi connectivity index (χ1n) is 13.2. The van der Waals surface area contributed by atoms with Crippen molar-refractivity contribution in [2.45, 2.75) is 106 Å². The molecule has 3 aliphatic carbocycles. The Hall–Kier alpha value is -0.820. The van der Waals surface area contributed by atoms with Gasteiger partial charge < -0.3 is 5.11 Å². The second-order valence-corrected chi connectivity index (χ2v) is 12.7. The van der Waals surface area contributed by atoms with E-state index in [1.807, 2.05) is 0 Å². The lowest BCUT2D eigenvalue weighted by Crippen LogP contribution is -2.37. The molecule has 7 atom stereocenters.